The molecule has 0 heterocycles. The zero-order chi connectivity index (χ0) is 9.99. The molecular formula is C5H6ClF5O. The highest BCUT2D eigenvalue weighted by Gasteiger charge is 2.57. The van der Waals surface area contributed by atoms with E-state index >= 15 is 0 Å². The molecule has 7 heteroatoms. The molecule has 0 amide bonds. The highest BCUT2D eigenvalue weighted by atomic mass is 35.5. The standard InChI is InChI=1S/C5H6ClF5O/c1-3(6)12-2-4(7,8)5(9,10)11/h3H,2H2,1H3. The van der Waals surface area contributed by atoms with Gasteiger partial charge in [-0.1, -0.05) is 11.6 Å². The van der Waals surface area contributed by atoms with Crippen molar-refractivity contribution in [3.63, 3.8) is 0 Å². The molecule has 1 unspecified atom stereocenters. The first kappa shape index (κ1) is 11.9. The quantitative estimate of drug-likeness (QED) is 0.516. The Kier molecular flexibility index (Phi) is 3.71. The summed E-state index contributed by atoms with van der Waals surface area (Å²) in [6.45, 7) is -0.602. The lowest BCUT2D eigenvalue weighted by Gasteiger charge is -2.19. The van der Waals surface area contributed by atoms with Crippen LogP contribution in [0.5, 0.6) is 0 Å². The van der Waals surface area contributed by atoms with Gasteiger partial charge in [-0.2, -0.15) is 22.0 Å². The van der Waals surface area contributed by atoms with E-state index in [0.717, 1.165) is 6.92 Å². The second-order valence-electron chi connectivity index (χ2n) is 2.06. The number of hydrogen-bond donors (Lipinski definition) is 0. The molecule has 0 spiro atoms. The first-order chi connectivity index (χ1) is 5.17. The molecule has 0 rings (SSSR count). The largest absolute Gasteiger partial charge is 0.455 e. The lowest BCUT2D eigenvalue weighted by molar-refractivity contribution is -0.297. The molecule has 1 atom stereocenters. The summed E-state index contributed by atoms with van der Waals surface area (Å²) in [6, 6.07) is 0. The van der Waals surface area contributed by atoms with Crippen LogP contribution in [-0.4, -0.2) is 24.3 Å². The molecule has 0 aromatic heterocycles. The second kappa shape index (κ2) is 3.74. The molecule has 0 aliphatic heterocycles. The summed E-state index contributed by atoms with van der Waals surface area (Å²) in [4.78, 5) is 0. The molecule has 0 radical (unpaired) electrons. The third-order valence-corrected chi connectivity index (χ3v) is 1.03. The third-order valence-electron chi connectivity index (χ3n) is 0.909. The van der Waals surface area contributed by atoms with Crippen LogP contribution in [0, 0.1) is 0 Å². The van der Waals surface area contributed by atoms with Crippen molar-refractivity contribution in [2.45, 2.75) is 24.6 Å². The van der Waals surface area contributed by atoms with Gasteiger partial charge in [0.25, 0.3) is 0 Å². The molecule has 0 bridgehead atoms. The van der Waals surface area contributed by atoms with Crippen molar-refractivity contribution in [3.8, 4) is 0 Å². The van der Waals surface area contributed by atoms with Crippen LogP contribution in [0.2, 0.25) is 0 Å². The minimum Gasteiger partial charge on any atom is -0.356 e. The highest BCUT2D eigenvalue weighted by Crippen LogP contribution is 2.35. The number of rotatable bonds is 3. The van der Waals surface area contributed by atoms with Gasteiger partial charge in [-0.3, -0.25) is 0 Å². The zero-order valence-electron chi connectivity index (χ0n) is 5.96. The average molecular weight is 213 g/mol. The molecule has 0 saturated heterocycles. The van der Waals surface area contributed by atoms with Crippen molar-refractivity contribution < 1.29 is 26.7 Å². The smallest absolute Gasteiger partial charge is 0.356 e. The fraction of sp³-hybridized carbons (Fsp3) is 1.00. The average Bonchev–Trinajstić information content (AvgIpc) is 1.81. The van der Waals surface area contributed by atoms with E-state index in [9.17, 15) is 22.0 Å². The van der Waals surface area contributed by atoms with Gasteiger partial charge >= 0.3 is 12.1 Å². The van der Waals surface area contributed by atoms with Crippen molar-refractivity contribution >= 4 is 11.6 Å². The van der Waals surface area contributed by atoms with Crippen LogP contribution in [0.3, 0.4) is 0 Å². The zero-order valence-corrected chi connectivity index (χ0v) is 6.72. The van der Waals surface area contributed by atoms with Crippen LogP contribution in [0.15, 0.2) is 0 Å². The van der Waals surface area contributed by atoms with Crippen molar-refractivity contribution in [2.75, 3.05) is 6.61 Å². The minimum atomic E-state index is -5.58. The first-order valence-corrected chi connectivity index (χ1v) is 3.30. The van der Waals surface area contributed by atoms with Crippen molar-refractivity contribution in [1.82, 2.24) is 0 Å². The number of halogens is 6. The molecule has 0 aromatic carbocycles. The van der Waals surface area contributed by atoms with Crippen LogP contribution in [0.4, 0.5) is 22.0 Å². The van der Waals surface area contributed by atoms with E-state index < -0.39 is 24.3 Å². The molecule has 74 valence electrons. The van der Waals surface area contributed by atoms with Crippen LogP contribution in [0.1, 0.15) is 6.92 Å². The Morgan fingerprint density at radius 2 is 1.67 bits per heavy atom. The van der Waals surface area contributed by atoms with Gasteiger partial charge in [0.2, 0.25) is 0 Å². The third kappa shape index (κ3) is 3.53. The van der Waals surface area contributed by atoms with Crippen molar-refractivity contribution in [3.05, 3.63) is 0 Å². The Labute approximate surface area is 70.4 Å². The molecule has 0 N–H and O–H groups in total. The topological polar surface area (TPSA) is 9.23 Å². The van der Waals surface area contributed by atoms with Gasteiger partial charge in [-0.05, 0) is 6.92 Å². The Hall–Kier alpha value is -0.100. The summed E-state index contributed by atoms with van der Waals surface area (Å²) in [6.07, 6.45) is -5.58. The lowest BCUT2D eigenvalue weighted by Crippen LogP contribution is -2.41. The van der Waals surface area contributed by atoms with Crippen LogP contribution in [0.25, 0.3) is 0 Å². The molecule has 0 aromatic rings. The molecule has 0 saturated carbocycles. The van der Waals surface area contributed by atoms with Crippen LogP contribution >= 0.6 is 11.6 Å². The summed E-state index contributed by atoms with van der Waals surface area (Å²) in [7, 11) is 0. The summed E-state index contributed by atoms with van der Waals surface area (Å²) in [5.41, 5.74) is -1.17. The fourth-order valence-electron chi connectivity index (χ4n) is 0.301. The molecule has 0 fully saturated rings. The SMILES string of the molecule is CC(Cl)OCC(F)(F)C(F)(F)F. The molecule has 0 aliphatic carbocycles. The summed E-state index contributed by atoms with van der Waals surface area (Å²) in [5.74, 6) is -4.84. The van der Waals surface area contributed by atoms with Gasteiger partial charge in [0.15, 0.2) is 0 Å². The van der Waals surface area contributed by atoms with Gasteiger partial charge in [-0.15, -0.1) is 0 Å². The van der Waals surface area contributed by atoms with E-state index in [1.807, 2.05) is 0 Å². The normalized spacial score (nSPS) is 16.2. The van der Waals surface area contributed by atoms with Gasteiger partial charge in [0.05, 0.1) is 0 Å². The molecule has 1 nitrogen and oxygen atoms in total. The van der Waals surface area contributed by atoms with E-state index in [1.54, 1.807) is 0 Å². The second-order valence-corrected chi connectivity index (χ2v) is 2.67. The fourth-order valence-corrected chi connectivity index (χ4v) is 0.364. The molecule has 12 heavy (non-hydrogen) atoms. The van der Waals surface area contributed by atoms with Crippen LogP contribution < -0.4 is 0 Å². The van der Waals surface area contributed by atoms with E-state index in [2.05, 4.69) is 4.74 Å². The Morgan fingerprint density at radius 3 is 1.92 bits per heavy atom. The number of alkyl halides is 6. The molecule has 0 aliphatic rings. The summed E-state index contributed by atoms with van der Waals surface area (Å²) < 4.78 is 62.1. The van der Waals surface area contributed by atoms with Crippen molar-refractivity contribution in [2.24, 2.45) is 0 Å². The van der Waals surface area contributed by atoms with E-state index in [0.29, 0.717) is 0 Å². The molecular weight excluding hydrogens is 206 g/mol. The maximum atomic E-state index is 12.0. The van der Waals surface area contributed by atoms with Gasteiger partial charge in [0.1, 0.15) is 12.2 Å². The summed E-state index contributed by atoms with van der Waals surface area (Å²) >= 11 is 5.01. The summed E-state index contributed by atoms with van der Waals surface area (Å²) in [5, 5.41) is 0. The maximum Gasteiger partial charge on any atom is 0.455 e. The minimum absolute atomic E-state index is 1.15. The van der Waals surface area contributed by atoms with E-state index in [4.69, 9.17) is 11.6 Å². The first-order valence-electron chi connectivity index (χ1n) is 2.87. The number of ether oxygens (including phenoxy) is 1. The predicted molar refractivity (Wildman–Crippen MR) is 32.3 cm³/mol. The van der Waals surface area contributed by atoms with E-state index in [1.165, 1.54) is 0 Å². The van der Waals surface area contributed by atoms with Crippen molar-refractivity contribution in [1.29, 1.82) is 0 Å². The van der Waals surface area contributed by atoms with Gasteiger partial charge in [-0.25, -0.2) is 0 Å². The Morgan fingerprint density at radius 1 is 1.25 bits per heavy atom. The van der Waals surface area contributed by atoms with Gasteiger partial charge < -0.3 is 4.74 Å². The van der Waals surface area contributed by atoms with E-state index in [-0.39, 0.29) is 0 Å². The van der Waals surface area contributed by atoms with Crippen LogP contribution in [-0.2, 0) is 4.74 Å². The maximum absolute atomic E-state index is 12.0. The number of hydrogen-bond acceptors (Lipinski definition) is 1. The van der Waals surface area contributed by atoms with Gasteiger partial charge in [0, 0.05) is 0 Å². The Balaban J connectivity index is 4.05. The monoisotopic (exact) mass is 212 g/mol. The predicted octanol–water partition coefficient (Wildman–Crippen LogP) is 2.79. The lowest BCUT2D eigenvalue weighted by atomic mass is 10.3. The highest BCUT2D eigenvalue weighted by molar-refractivity contribution is 6.19. The Bertz CT molecular complexity index is 143.